The zero-order valence-corrected chi connectivity index (χ0v) is 13.2. The Bertz CT molecular complexity index is 565. The van der Waals surface area contributed by atoms with Gasteiger partial charge in [-0.2, -0.15) is 22.0 Å². The number of carboxylic acids is 1. The number of carboxylic acid groups (broad SMARTS) is 1. The van der Waals surface area contributed by atoms with E-state index in [1.165, 1.54) is 0 Å². The van der Waals surface area contributed by atoms with Gasteiger partial charge in [0.15, 0.2) is 6.17 Å². The molecule has 28 heavy (non-hydrogen) atoms. The van der Waals surface area contributed by atoms with Crippen molar-refractivity contribution >= 4 is 11.9 Å². The first-order valence-corrected chi connectivity index (χ1v) is 6.44. The van der Waals surface area contributed by atoms with Gasteiger partial charge in [0.1, 0.15) is 0 Å². The van der Waals surface area contributed by atoms with Crippen molar-refractivity contribution in [3.63, 3.8) is 0 Å². The highest BCUT2D eigenvalue weighted by atomic mass is 19.3. The molecule has 0 aromatic carbocycles. The van der Waals surface area contributed by atoms with Gasteiger partial charge in [-0.25, -0.2) is 35.9 Å². The number of hydrogen-bond donors (Lipinski definition) is 1. The average molecular weight is 440 g/mol. The molecule has 15 heteroatoms. The number of alkyl halides is 11. The Labute approximate surface area is 149 Å². The molecule has 0 radical (unpaired) electrons. The van der Waals surface area contributed by atoms with Gasteiger partial charge in [-0.1, -0.05) is 13.2 Å². The van der Waals surface area contributed by atoms with Gasteiger partial charge in [0.2, 0.25) is 6.17 Å². The molecule has 0 spiro atoms. The fourth-order valence-corrected chi connectivity index (χ4v) is 0.988. The van der Waals surface area contributed by atoms with Crippen LogP contribution in [0, 0.1) is 0 Å². The molecule has 0 saturated carbocycles. The van der Waals surface area contributed by atoms with Gasteiger partial charge in [0.05, 0.1) is 5.57 Å². The van der Waals surface area contributed by atoms with Crippen LogP contribution in [0.15, 0.2) is 24.8 Å². The minimum atomic E-state index is -6.05. The van der Waals surface area contributed by atoms with E-state index in [9.17, 15) is 57.9 Å². The van der Waals surface area contributed by atoms with Crippen molar-refractivity contribution in [2.24, 2.45) is 0 Å². The number of hydrogen-bond acceptors (Lipinski definition) is 3. The number of carbonyl (C=O) groups is 2. The molecule has 0 saturated heterocycles. The molecule has 0 aliphatic rings. The standard InChI is InChI=1S/C8H6F8O2.C5H5F3O2/c1-2-3(17)18-6(12)8(15,16)7(13,14)4(9)5(10)11;1-2(5(9)10)3(6)4(7)8/h2,4-6H,1H2;3-4H,1H2,(H,9,10). The summed E-state index contributed by atoms with van der Waals surface area (Å²) in [6, 6.07) is 0. The zero-order chi connectivity index (χ0) is 23.0. The fraction of sp³-hybridized carbons (Fsp3) is 0.538. The first kappa shape index (κ1) is 27.9. The van der Waals surface area contributed by atoms with E-state index in [-0.39, 0.29) is 6.08 Å². The van der Waals surface area contributed by atoms with Gasteiger partial charge in [0, 0.05) is 6.08 Å². The Hall–Kier alpha value is -2.35. The van der Waals surface area contributed by atoms with Gasteiger partial charge in [-0.3, -0.25) is 0 Å². The molecule has 4 nitrogen and oxygen atoms in total. The van der Waals surface area contributed by atoms with E-state index in [1.54, 1.807) is 0 Å². The molecule has 0 bridgehead atoms. The lowest BCUT2D eigenvalue weighted by molar-refractivity contribution is -0.312. The monoisotopic (exact) mass is 440 g/mol. The van der Waals surface area contributed by atoms with E-state index >= 15 is 0 Å². The summed E-state index contributed by atoms with van der Waals surface area (Å²) in [4.78, 5) is 20.1. The van der Waals surface area contributed by atoms with Crippen molar-refractivity contribution in [1.82, 2.24) is 0 Å². The largest absolute Gasteiger partial charge is 0.478 e. The Morgan fingerprint density at radius 3 is 1.57 bits per heavy atom. The van der Waals surface area contributed by atoms with E-state index in [1.807, 2.05) is 0 Å². The molecule has 0 fully saturated rings. The van der Waals surface area contributed by atoms with Gasteiger partial charge >= 0.3 is 30.1 Å². The van der Waals surface area contributed by atoms with Gasteiger partial charge in [-0.05, 0) is 0 Å². The molecule has 0 rings (SSSR count). The normalized spacial score (nSPS) is 15.2. The minimum Gasteiger partial charge on any atom is -0.478 e. The summed E-state index contributed by atoms with van der Waals surface area (Å²) in [5.74, 6) is -15.6. The highest BCUT2D eigenvalue weighted by molar-refractivity contribution is 5.87. The van der Waals surface area contributed by atoms with Crippen molar-refractivity contribution in [3.05, 3.63) is 24.8 Å². The quantitative estimate of drug-likeness (QED) is 0.333. The maximum Gasteiger partial charge on any atom is 0.378 e. The molecule has 3 unspecified atom stereocenters. The smallest absolute Gasteiger partial charge is 0.378 e. The topological polar surface area (TPSA) is 63.6 Å². The van der Waals surface area contributed by atoms with Crippen molar-refractivity contribution in [2.45, 2.75) is 43.4 Å². The van der Waals surface area contributed by atoms with E-state index in [4.69, 9.17) is 5.11 Å². The third-order valence-corrected chi connectivity index (χ3v) is 2.51. The molecule has 0 aliphatic heterocycles. The van der Waals surface area contributed by atoms with Crippen molar-refractivity contribution in [3.8, 4) is 0 Å². The Balaban J connectivity index is 0. The second-order valence-electron chi connectivity index (χ2n) is 4.51. The van der Waals surface area contributed by atoms with Crippen LogP contribution in [0.1, 0.15) is 0 Å². The molecule has 0 amide bonds. The van der Waals surface area contributed by atoms with Crippen LogP contribution in [0.3, 0.4) is 0 Å². The second kappa shape index (κ2) is 10.8. The summed E-state index contributed by atoms with van der Waals surface area (Å²) < 4.78 is 136. The van der Waals surface area contributed by atoms with Crippen LogP contribution in [0.5, 0.6) is 0 Å². The number of carbonyl (C=O) groups excluding carboxylic acids is 1. The predicted molar refractivity (Wildman–Crippen MR) is 69.7 cm³/mol. The lowest BCUT2D eigenvalue weighted by atomic mass is 10.1. The second-order valence-corrected chi connectivity index (χ2v) is 4.51. The van der Waals surface area contributed by atoms with Gasteiger partial charge in [-0.15, -0.1) is 0 Å². The van der Waals surface area contributed by atoms with Crippen LogP contribution in [-0.2, 0) is 14.3 Å². The predicted octanol–water partition coefficient (Wildman–Crippen LogP) is 4.12. The average Bonchev–Trinajstić information content (AvgIpc) is 2.59. The third-order valence-electron chi connectivity index (χ3n) is 2.51. The number of esters is 1. The van der Waals surface area contributed by atoms with E-state index in [2.05, 4.69) is 17.9 Å². The van der Waals surface area contributed by atoms with Crippen LogP contribution in [0.2, 0.25) is 0 Å². The molecular weight excluding hydrogens is 429 g/mol. The summed E-state index contributed by atoms with van der Waals surface area (Å²) in [7, 11) is 0. The van der Waals surface area contributed by atoms with Crippen LogP contribution in [0.4, 0.5) is 48.3 Å². The van der Waals surface area contributed by atoms with Crippen LogP contribution in [-0.4, -0.2) is 60.4 Å². The lowest BCUT2D eigenvalue weighted by Crippen LogP contribution is -2.56. The van der Waals surface area contributed by atoms with Crippen LogP contribution in [0.25, 0.3) is 0 Å². The molecular formula is C13H11F11O4. The summed E-state index contributed by atoms with van der Waals surface area (Å²) >= 11 is 0. The minimum absolute atomic E-state index is 0.168. The number of rotatable bonds is 9. The van der Waals surface area contributed by atoms with Crippen molar-refractivity contribution in [1.29, 1.82) is 0 Å². The Morgan fingerprint density at radius 2 is 1.32 bits per heavy atom. The van der Waals surface area contributed by atoms with Crippen LogP contribution < -0.4 is 0 Å². The fourth-order valence-electron chi connectivity index (χ4n) is 0.988. The zero-order valence-electron chi connectivity index (χ0n) is 13.2. The third kappa shape index (κ3) is 7.34. The maximum atomic E-state index is 12.7. The molecule has 3 atom stereocenters. The van der Waals surface area contributed by atoms with Crippen LogP contribution >= 0.6 is 0 Å². The van der Waals surface area contributed by atoms with Crippen molar-refractivity contribution < 1.29 is 67.7 Å². The first-order chi connectivity index (χ1) is 12.4. The van der Waals surface area contributed by atoms with E-state index in [0.717, 1.165) is 0 Å². The van der Waals surface area contributed by atoms with E-state index < -0.39 is 60.9 Å². The molecule has 0 aromatic rings. The number of halogens is 11. The summed E-state index contributed by atoms with van der Waals surface area (Å²) in [6.07, 6.45) is -19.3. The molecule has 0 aromatic heterocycles. The molecule has 164 valence electrons. The molecule has 1 N–H and O–H groups in total. The first-order valence-electron chi connectivity index (χ1n) is 6.44. The maximum absolute atomic E-state index is 12.7. The number of ether oxygens (including phenoxy) is 1. The summed E-state index contributed by atoms with van der Waals surface area (Å²) in [5.41, 5.74) is -1.12. The Kier molecular flexibility index (Phi) is 10.8. The summed E-state index contributed by atoms with van der Waals surface area (Å²) in [5, 5.41) is 7.93. The summed E-state index contributed by atoms with van der Waals surface area (Å²) in [6.45, 7) is 5.27. The van der Waals surface area contributed by atoms with E-state index in [0.29, 0.717) is 0 Å². The van der Waals surface area contributed by atoms with Crippen molar-refractivity contribution in [2.75, 3.05) is 0 Å². The highest BCUT2D eigenvalue weighted by Gasteiger charge is 2.70. The number of aliphatic carboxylic acids is 1. The van der Waals surface area contributed by atoms with Gasteiger partial charge in [0.25, 0.3) is 12.9 Å². The SMILES string of the molecule is C=C(C(=O)O)C(F)C(F)F.C=CC(=O)OC(F)C(F)(F)C(F)(F)C(F)C(F)F. The molecule has 0 aliphatic carbocycles. The molecule has 0 heterocycles. The van der Waals surface area contributed by atoms with Gasteiger partial charge < -0.3 is 9.84 Å². The Morgan fingerprint density at radius 1 is 0.893 bits per heavy atom. The lowest BCUT2D eigenvalue weighted by Gasteiger charge is -2.30. The highest BCUT2D eigenvalue weighted by Crippen LogP contribution is 2.44.